The summed E-state index contributed by atoms with van der Waals surface area (Å²) in [6.07, 6.45) is 1.76. The molecule has 0 atom stereocenters. The maximum Gasteiger partial charge on any atom is 0.258 e. The zero-order valence-corrected chi connectivity index (χ0v) is 15.0. The van der Waals surface area contributed by atoms with E-state index in [1.165, 1.54) is 10.5 Å². The number of benzene rings is 1. The van der Waals surface area contributed by atoms with Gasteiger partial charge in [-0.2, -0.15) is 0 Å². The van der Waals surface area contributed by atoms with Gasteiger partial charge in [0, 0.05) is 18.2 Å². The van der Waals surface area contributed by atoms with E-state index in [2.05, 4.69) is 10.3 Å². The molecule has 1 aromatic carbocycles. The molecular formula is C20H21N3O3. The number of fused-ring (bicyclic) bond motifs is 1. The summed E-state index contributed by atoms with van der Waals surface area (Å²) in [5, 5.41) is 2.84. The molecule has 1 N–H and O–H groups in total. The lowest BCUT2D eigenvalue weighted by Gasteiger charge is -2.13. The lowest BCUT2D eigenvalue weighted by atomic mass is 10.2. The van der Waals surface area contributed by atoms with Crippen LogP contribution in [0.1, 0.15) is 25.1 Å². The monoisotopic (exact) mass is 351 g/mol. The van der Waals surface area contributed by atoms with Crippen LogP contribution in [0.3, 0.4) is 0 Å². The molecule has 0 radical (unpaired) electrons. The first-order valence-corrected chi connectivity index (χ1v) is 8.45. The molecule has 0 aliphatic rings. The van der Waals surface area contributed by atoms with Gasteiger partial charge in [-0.15, -0.1) is 0 Å². The van der Waals surface area contributed by atoms with E-state index in [4.69, 9.17) is 4.74 Å². The van der Waals surface area contributed by atoms with Crippen LogP contribution in [-0.4, -0.2) is 15.3 Å². The van der Waals surface area contributed by atoms with Crippen molar-refractivity contribution in [1.82, 2.24) is 9.38 Å². The van der Waals surface area contributed by atoms with Crippen molar-refractivity contribution in [2.24, 2.45) is 5.92 Å². The lowest BCUT2D eigenvalue weighted by Crippen LogP contribution is -2.19. The summed E-state index contributed by atoms with van der Waals surface area (Å²) < 4.78 is 7.32. The molecule has 0 saturated carbocycles. The number of anilines is 1. The van der Waals surface area contributed by atoms with Crippen LogP contribution < -0.4 is 15.6 Å². The SMILES string of the molecule is Cc1ccc2nc(COc3ccccc3NC(=O)C(C)C)cc(=O)n2c1. The van der Waals surface area contributed by atoms with E-state index in [9.17, 15) is 9.59 Å². The fraction of sp³-hybridized carbons (Fsp3) is 0.250. The van der Waals surface area contributed by atoms with Gasteiger partial charge in [0.15, 0.2) is 0 Å². The molecular weight excluding hydrogens is 330 g/mol. The molecule has 0 fully saturated rings. The molecule has 3 rings (SSSR count). The molecule has 0 aliphatic carbocycles. The number of carbonyl (C=O) groups excluding carboxylic acids is 1. The number of para-hydroxylation sites is 2. The standard InChI is InChI=1S/C20H21N3O3/c1-13(2)20(25)22-16-6-4-5-7-17(16)26-12-15-10-19(24)23-11-14(3)8-9-18(23)21-15/h4-11,13H,12H2,1-3H3,(H,22,25). The van der Waals surface area contributed by atoms with Gasteiger partial charge in [-0.25, -0.2) is 4.98 Å². The molecule has 134 valence electrons. The minimum absolute atomic E-state index is 0.0847. The van der Waals surface area contributed by atoms with Gasteiger partial charge in [-0.1, -0.05) is 32.0 Å². The van der Waals surface area contributed by atoms with E-state index >= 15 is 0 Å². The largest absolute Gasteiger partial charge is 0.485 e. The molecule has 0 saturated heterocycles. The molecule has 26 heavy (non-hydrogen) atoms. The molecule has 6 heteroatoms. The fourth-order valence-electron chi connectivity index (χ4n) is 2.46. The van der Waals surface area contributed by atoms with Gasteiger partial charge >= 0.3 is 0 Å². The van der Waals surface area contributed by atoms with Gasteiger partial charge in [0.25, 0.3) is 5.56 Å². The first-order valence-electron chi connectivity index (χ1n) is 8.45. The van der Waals surface area contributed by atoms with Crippen LogP contribution in [0.25, 0.3) is 5.65 Å². The number of nitrogens with zero attached hydrogens (tertiary/aromatic N) is 2. The quantitative estimate of drug-likeness (QED) is 0.766. The minimum Gasteiger partial charge on any atom is -0.485 e. The fourth-order valence-corrected chi connectivity index (χ4v) is 2.46. The summed E-state index contributed by atoms with van der Waals surface area (Å²) in [5.41, 5.74) is 2.53. The second-order valence-corrected chi connectivity index (χ2v) is 6.45. The number of ether oxygens (including phenoxy) is 1. The zero-order chi connectivity index (χ0) is 18.7. The van der Waals surface area contributed by atoms with Crippen molar-refractivity contribution in [2.75, 3.05) is 5.32 Å². The van der Waals surface area contributed by atoms with E-state index in [0.717, 1.165) is 5.56 Å². The van der Waals surface area contributed by atoms with Crippen molar-refractivity contribution >= 4 is 17.2 Å². The van der Waals surface area contributed by atoms with Gasteiger partial charge in [-0.3, -0.25) is 14.0 Å². The van der Waals surface area contributed by atoms with Crippen LogP contribution in [0.2, 0.25) is 0 Å². The number of hydrogen-bond acceptors (Lipinski definition) is 4. The van der Waals surface area contributed by atoms with Crippen LogP contribution in [0.5, 0.6) is 5.75 Å². The molecule has 6 nitrogen and oxygen atoms in total. The average Bonchev–Trinajstić information content (AvgIpc) is 2.61. The summed E-state index contributed by atoms with van der Waals surface area (Å²) in [6, 6.07) is 12.4. The molecule has 0 aliphatic heterocycles. The van der Waals surface area contributed by atoms with Gasteiger partial charge in [-0.05, 0) is 30.7 Å². The predicted molar refractivity (Wildman–Crippen MR) is 100 cm³/mol. The Morgan fingerprint density at radius 2 is 2.00 bits per heavy atom. The molecule has 0 spiro atoms. The van der Waals surface area contributed by atoms with E-state index in [0.29, 0.717) is 22.8 Å². The average molecular weight is 351 g/mol. The van der Waals surface area contributed by atoms with Crippen molar-refractivity contribution in [2.45, 2.75) is 27.4 Å². The summed E-state index contributed by atoms with van der Waals surface area (Å²) >= 11 is 0. The van der Waals surface area contributed by atoms with Crippen molar-refractivity contribution < 1.29 is 9.53 Å². The lowest BCUT2D eigenvalue weighted by molar-refractivity contribution is -0.118. The Labute approximate surface area is 151 Å². The second-order valence-electron chi connectivity index (χ2n) is 6.45. The highest BCUT2D eigenvalue weighted by atomic mass is 16.5. The maximum atomic E-state index is 12.3. The van der Waals surface area contributed by atoms with E-state index < -0.39 is 0 Å². The van der Waals surface area contributed by atoms with E-state index in [-0.39, 0.29) is 24.0 Å². The second kappa shape index (κ2) is 7.39. The van der Waals surface area contributed by atoms with Crippen molar-refractivity contribution in [3.8, 4) is 5.75 Å². The Bertz CT molecular complexity index is 1010. The summed E-state index contributed by atoms with van der Waals surface area (Å²) in [6.45, 7) is 5.71. The topological polar surface area (TPSA) is 72.7 Å². The van der Waals surface area contributed by atoms with Crippen LogP contribution >= 0.6 is 0 Å². The third kappa shape index (κ3) is 3.91. The number of carbonyl (C=O) groups is 1. The van der Waals surface area contributed by atoms with Crippen molar-refractivity contribution in [1.29, 1.82) is 0 Å². The molecule has 1 amide bonds. The van der Waals surface area contributed by atoms with Crippen molar-refractivity contribution in [3.63, 3.8) is 0 Å². The van der Waals surface area contributed by atoms with Gasteiger partial charge in [0.1, 0.15) is 18.0 Å². The Kier molecular flexibility index (Phi) is 5.02. The van der Waals surface area contributed by atoms with Crippen LogP contribution in [0, 0.1) is 12.8 Å². The predicted octanol–water partition coefficient (Wildman–Crippen LogP) is 3.18. The third-order valence-corrected chi connectivity index (χ3v) is 3.91. The summed E-state index contributed by atoms with van der Waals surface area (Å²) in [7, 11) is 0. The highest BCUT2D eigenvalue weighted by Crippen LogP contribution is 2.25. The molecule has 3 aromatic rings. The number of pyridine rings is 1. The highest BCUT2D eigenvalue weighted by molar-refractivity contribution is 5.93. The van der Waals surface area contributed by atoms with E-state index in [1.54, 1.807) is 24.4 Å². The summed E-state index contributed by atoms with van der Waals surface area (Å²) in [4.78, 5) is 28.7. The van der Waals surface area contributed by atoms with Crippen LogP contribution in [-0.2, 0) is 11.4 Å². The molecule has 2 aromatic heterocycles. The summed E-state index contributed by atoms with van der Waals surface area (Å²) in [5.74, 6) is 0.319. The van der Waals surface area contributed by atoms with Gasteiger partial charge in [0.2, 0.25) is 5.91 Å². The number of hydrogen-bond donors (Lipinski definition) is 1. The molecule has 2 heterocycles. The molecule has 0 unspecified atom stereocenters. The number of aromatic nitrogens is 2. The highest BCUT2D eigenvalue weighted by Gasteiger charge is 2.11. The molecule has 0 bridgehead atoms. The number of nitrogens with one attached hydrogen (secondary N) is 1. The maximum absolute atomic E-state index is 12.3. The first kappa shape index (κ1) is 17.7. The zero-order valence-electron chi connectivity index (χ0n) is 15.0. The van der Waals surface area contributed by atoms with Gasteiger partial charge < -0.3 is 10.1 Å². The minimum atomic E-state index is -0.154. The number of rotatable bonds is 5. The van der Waals surface area contributed by atoms with Crippen LogP contribution in [0.4, 0.5) is 5.69 Å². The Morgan fingerprint density at radius 1 is 1.23 bits per heavy atom. The Balaban J connectivity index is 1.81. The smallest absolute Gasteiger partial charge is 0.258 e. The van der Waals surface area contributed by atoms with Crippen LogP contribution in [0.15, 0.2) is 53.5 Å². The van der Waals surface area contributed by atoms with E-state index in [1.807, 2.05) is 39.0 Å². The first-order chi connectivity index (χ1) is 12.4. The number of amides is 1. The van der Waals surface area contributed by atoms with Crippen molar-refractivity contribution in [3.05, 3.63) is 70.3 Å². The normalized spacial score (nSPS) is 10.9. The number of aryl methyl sites for hydroxylation is 1. The van der Waals surface area contributed by atoms with Gasteiger partial charge in [0.05, 0.1) is 11.4 Å². The third-order valence-electron chi connectivity index (χ3n) is 3.91. The Hall–Kier alpha value is -3.15. The Morgan fingerprint density at radius 3 is 2.77 bits per heavy atom.